The van der Waals surface area contributed by atoms with Gasteiger partial charge < -0.3 is 10.3 Å². The van der Waals surface area contributed by atoms with E-state index in [1.165, 1.54) is 0 Å². The molecule has 0 amide bonds. The number of rotatable bonds is 2. The standard InChI is InChI=1S/C4H6F3NO4S/c1-3(8,13(10,11)12)2(9)4(5,6)7/h8H2,1H3,(H,10,11,12)/p-1. The Morgan fingerprint density at radius 2 is 1.69 bits per heavy atom. The Hall–Kier alpha value is -0.670. The van der Waals surface area contributed by atoms with Crippen LogP contribution in [-0.2, 0) is 14.9 Å². The van der Waals surface area contributed by atoms with Crippen molar-refractivity contribution in [2.45, 2.75) is 18.0 Å². The van der Waals surface area contributed by atoms with E-state index in [9.17, 15) is 30.9 Å². The van der Waals surface area contributed by atoms with Crippen molar-refractivity contribution in [3.63, 3.8) is 0 Å². The number of halogens is 3. The van der Waals surface area contributed by atoms with Crippen molar-refractivity contribution in [1.82, 2.24) is 0 Å². The van der Waals surface area contributed by atoms with Crippen molar-refractivity contribution in [2.24, 2.45) is 5.73 Å². The highest BCUT2D eigenvalue weighted by molar-refractivity contribution is 7.88. The fraction of sp³-hybridized carbons (Fsp3) is 0.750. The molecule has 0 aliphatic carbocycles. The van der Waals surface area contributed by atoms with E-state index in [0.717, 1.165) is 0 Å². The molecule has 0 aromatic carbocycles. The van der Waals surface area contributed by atoms with Crippen LogP contribution in [0.3, 0.4) is 0 Å². The molecule has 0 heterocycles. The Bertz CT molecular complexity index is 317. The maximum atomic E-state index is 11.6. The van der Waals surface area contributed by atoms with Crippen molar-refractivity contribution in [3.8, 4) is 0 Å². The number of hydrogen-bond acceptors (Lipinski definition) is 5. The highest BCUT2D eigenvalue weighted by Crippen LogP contribution is 2.24. The van der Waals surface area contributed by atoms with Crippen molar-refractivity contribution < 1.29 is 30.9 Å². The second-order valence-corrected chi connectivity index (χ2v) is 4.14. The summed E-state index contributed by atoms with van der Waals surface area (Å²) < 4.78 is 65.3. The van der Waals surface area contributed by atoms with E-state index >= 15 is 0 Å². The van der Waals surface area contributed by atoms with Gasteiger partial charge in [-0.15, -0.1) is 0 Å². The molecular weight excluding hydrogens is 215 g/mol. The van der Waals surface area contributed by atoms with Crippen LogP contribution in [0.25, 0.3) is 0 Å². The normalized spacial score (nSPS) is 18.0. The fourth-order valence-corrected chi connectivity index (χ4v) is 0.738. The van der Waals surface area contributed by atoms with Gasteiger partial charge in [-0.1, -0.05) is 0 Å². The highest BCUT2D eigenvalue weighted by Gasteiger charge is 2.52. The summed E-state index contributed by atoms with van der Waals surface area (Å²) in [6, 6.07) is 0. The first-order chi connectivity index (χ1) is 5.40. The Morgan fingerprint density at radius 3 is 1.77 bits per heavy atom. The van der Waals surface area contributed by atoms with Gasteiger partial charge in [-0.2, -0.15) is 13.2 Å². The quantitative estimate of drug-likeness (QED) is 0.622. The van der Waals surface area contributed by atoms with Crippen molar-refractivity contribution >= 4 is 15.9 Å². The molecule has 0 radical (unpaired) electrons. The first-order valence-corrected chi connectivity index (χ1v) is 4.17. The van der Waals surface area contributed by atoms with E-state index in [2.05, 4.69) is 5.73 Å². The molecule has 78 valence electrons. The summed E-state index contributed by atoms with van der Waals surface area (Å²) in [5.41, 5.74) is 4.45. The fourth-order valence-electron chi connectivity index (χ4n) is 0.395. The van der Waals surface area contributed by atoms with Crippen LogP contribution < -0.4 is 5.73 Å². The zero-order valence-corrected chi connectivity index (χ0v) is 7.07. The molecule has 1 unspecified atom stereocenters. The van der Waals surface area contributed by atoms with Gasteiger partial charge in [-0.25, -0.2) is 8.42 Å². The van der Waals surface area contributed by atoms with Crippen LogP contribution in [0.1, 0.15) is 6.92 Å². The largest absolute Gasteiger partial charge is 0.746 e. The predicted octanol–water partition coefficient (Wildman–Crippen LogP) is -0.662. The third-order valence-electron chi connectivity index (χ3n) is 1.23. The number of Topliss-reactive ketones (excluding diaryl/α,β-unsaturated/α-hetero) is 1. The van der Waals surface area contributed by atoms with Gasteiger partial charge in [0.2, 0.25) is 0 Å². The van der Waals surface area contributed by atoms with E-state index in [4.69, 9.17) is 0 Å². The van der Waals surface area contributed by atoms with Crippen LogP contribution in [0.4, 0.5) is 13.2 Å². The molecule has 2 N–H and O–H groups in total. The van der Waals surface area contributed by atoms with E-state index < -0.39 is 26.9 Å². The van der Waals surface area contributed by atoms with E-state index in [-0.39, 0.29) is 6.92 Å². The van der Waals surface area contributed by atoms with Gasteiger partial charge in [-0.05, 0) is 6.92 Å². The molecule has 0 aromatic heterocycles. The summed E-state index contributed by atoms with van der Waals surface area (Å²) >= 11 is 0. The molecule has 1 atom stereocenters. The summed E-state index contributed by atoms with van der Waals surface area (Å²) in [5, 5.41) is 0. The number of carbonyl (C=O) groups excluding carboxylic acids is 1. The zero-order chi connectivity index (χ0) is 11.1. The Kier molecular flexibility index (Phi) is 2.77. The molecule has 0 spiro atoms. The number of nitrogens with two attached hydrogens (primary N) is 1. The number of alkyl halides is 3. The second-order valence-electron chi connectivity index (χ2n) is 2.39. The van der Waals surface area contributed by atoms with Crippen LogP contribution >= 0.6 is 0 Å². The summed E-state index contributed by atoms with van der Waals surface area (Å²) in [6.45, 7) is 0.200. The molecule has 0 aliphatic heterocycles. The summed E-state index contributed by atoms with van der Waals surface area (Å²) in [5.74, 6) is -2.78. The molecule has 0 aliphatic rings. The summed E-state index contributed by atoms with van der Waals surface area (Å²) in [6.07, 6.45) is -5.44. The monoisotopic (exact) mass is 220 g/mol. The molecule has 0 saturated carbocycles. The predicted molar refractivity (Wildman–Crippen MR) is 33.4 cm³/mol. The van der Waals surface area contributed by atoms with Crippen LogP contribution in [0, 0.1) is 0 Å². The third-order valence-corrected chi connectivity index (χ3v) is 2.45. The van der Waals surface area contributed by atoms with Crippen LogP contribution in [0.15, 0.2) is 0 Å². The molecule has 0 saturated heterocycles. The molecule has 0 fully saturated rings. The van der Waals surface area contributed by atoms with E-state index in [1.807, 2.05) is 0 Å². The minimum atomic E-state index is -5.53. The van der Waals surface area contributed by atoms with Gasteiger partial charge in [0.1, 0.15) is 10.1 Å². The van der Waals surface area contributed by atoms with Gasteiger partial charge in [0.15, 0.2) is 4.87 Å². The Labute approximate surface area is 71.5 Å². The first-order valence-electron chi connectivity index (χ1n) is 2.76. The number of ketones is 1. The lowest BCUT2D eigenvalue weighted by Gasteiger charge is -2.26. The maximum Gasteiger partial charge on any atom is 0.453 e. The van der Waals surface area contributed by atoms with Gasteiger partial charge in [0.05, 0.1) is 0 Å². The summed E-state index contributed by atoms with van der Waals surface area (Å²) in [4.78, 5) is 6.84. The van der Waals surface area contributed by atoms with Gasteiger partial charge >= 0.3 is 6.18 Å². The molecule has 13 heavy (non-hydrogen) atoms. The lowest BCUT2D eigenvalue weighted by Crippen LogP contribution is -2.56. The zero-order valence-electron chi connectivity index (χ0n) is 6.25. The number of carbonyl (C=O) groups is 1. The average molecular weight is 220 g/mol. The van der Waals surface area contributed by atoms with Crippen molar-refractivity contribution in [3.05, 3.63) is 0 Å². The molecular formula is C4H5F3NO4S-. The van der Waals surface area contributed by atoms with E-state index in [1.54, 1.807) is 0 Å². The number of hydrogen-bond donors (Lipinski definition) is 1. The topological polar surface area (TPSA) is 100 Å². The minimum Gasteiger partial charge on any atom is -0.746 e. The SMILES string of the molecule is CC(N)(C(=O)C(F)(F)F)S(=O)(=O)[O-]. The van der Waals surface area contributed by atoms with Crippen molar-refractivity contribution in [2.75, 3.05) is 0 Å². The first kappa shape index (κ1) is 12.3. The Morgan fingerprint density at radius 1 is 1.38 bits per heavy atom. The van der Waals surface area contributed by atoms with Crippen LogP contribution in [-0.4, -0.2) is 29.8 Å². The molecule has 0 bridgehead atoms. The minimum absolute atomic E-state index is 0.200. The molecule has 9 heteroatoms. The van der Waals surface area contributed by atoms with E-state index in [0.29, 0.717) is 0 Å². The van der Waals surface area contributed by atoms with Crippen molar-refractivity contribution in [1.29, 1.82) is 0 Å². The van der Waals surface area contributed by atoms with Crippen LogP contribution in [0.2, 0.25) is 0 Å². The van der Waals surface area contributed by atoms with Crippen LogP contribution in [0.5, 0.6) is 0 Å². The lowest BCUT2D eigenvalue weighted by atomic mass is 10.2. The van der Waals surface area contributed by atoms with Gasteiger partial charge in [0.25, 0.3) is 5.78 Å². The average Bonchev–Trinajstić information content (AvgIpc) is 1.81. The smallest absolute Gasteiger partial charge is 0.453 e. The van der Waals surface area contributed by atoms with Gasteiger partial charge in [0, 0.05) is 0 Å². The maximum absolute atomic E-state index is 11.6. The highest BCUT2D eigenvalue weighted by atomic mass is 32.2. The third kappa shape index (κ3) is 2.39. The molecule has 0 rings (SSSR count). The lowest BCUT2D eigenvalue weighted by molar-refractivity contribution is -0.173. The molecule has 5 nitrogen and oxygen atoms in total. The molecule has 0 aromatic rings. The van der Waals surface area contributed by atoms with Gasteiger partial charge in [-0.3, -0.25) is 4.79 Å². The Balaban J connectivity index is 5.23. The second kappa shape index (κ2) is 2.93. The summed E-state index contributed by atoms with van der Waals surface area (Å²) in [7, 11) is -5.53.